The highest BCUT2D eigenvalue weighted by atomic mass is 16.3. The highest BCUT2D eigenvalue weighted by Gasteiger charge is 2.45. The molecule has 2 heterocycles. The van der Waals surface area contributed by atoms with E-state index in [1.807, 2.05) is 62.4 Å². The highest BCUT2D eigenvalue weighted by Crippen LogP contribution is 2.42. The number of furan rings is 1. The maximum absolute atomic E-state index is 13.1. The number of carbonyl (C=O) groups excluding carboxylic acids is 2. The number of hydrogen-bond donors (Lipinski definition) is 1. The van der Waals surface area contributed by atoms with Gasteiger partial charge in [-0.15, -0.1) is 0 Å². The van der Waals surface area contributed by atoms with Gasteiger partial charge < -0.3 is 9.52 Å². The Kier molecular flexibility index (Phi) is 4.35. The van der Waals surface area contributed by atoms with E-state index < -0.39 is 23.5 Å². The Morgan fingerprint density at radius 3 is 2.39 bits per heavy atom. The molecule has 1 N–H and O–H groups in total. The van der Waals surface area contributed by atoms with Crippen LogP contribution in [0.15, 0.2) is 82.7 Å². The molecule has 0 saturated heterocycles. The van der Waals surface area contributed by atoms with Crippen LogP contribution in [0.25, 0.3) is 0 Å². The number of aryl methyl sites for hydroxylation is 2. The third-order valence-corrected chi connectivity index (χ3v) is 5.08. The molecule has 5 heteroatoms. The predicted molar refractivity (Wildman–Crippen MR) is 105 cm³/mol. The Balaban J connectivity index is 1.89. The number of rotatable bonds is 4. The molecule has 0 bridgehead atoms. The zero-order valence-corrected chi connectivity index (χ0v) is 15.5. The topological polar surface area (TPSA) is 70.8 Å². The van der Waals surface area contributed by atoms with Crippen LogP contribution in [0.2, 0.25) is 0 Å². The highest BCUT2D eigenvalue weighted by molar-refractivity contribution is 6.20. The number of Topliss-reactive ketones (excluding diaryl/α,β-unsaturated/α-hetero) is 1. The van der Waals surface area contributed by atoms with Crippen molar-refractivity contribution in [2.75, 3.05) is 4.90 Å². The van der Waals surface area contributed by atoms with Gasteiger partial charge in [-0.3, -0.25) is 14.5 Å². The molecular weight excluding hydrogens is 354 g/mol. The minimum atomic E-state index is -0.742. The van der Waals surface area contributed by atoms with E-state index in [2.05, 4.69) is 0 Å². The van der Waals surface area contributed by atoms with Gasteiger partial charge in [-0.25, -0.2) is 0 Å². The number of carbonyl (C=O) groups is 2. The summed E-state index contributed by atoms with van der Waals surface area (Å²) in [7, 11) is 0. The largest absolute Gasteiger partial charge is 0.503 e. The van der Waals surface area contributed by atoms with Gasteiger partial charge in [-0.1, -0.05) is 36.4 Å². The van der Waals surface area contributed by atoms with E-state index in [4.69, 9.17) is 4.42 Å². The standard InChI is InChI=1S/C23H19NO4/c1-14-10-11-17(13-15(14)2)24-20(16-7-4-3-5-8-16)19(22(26)23(24)27)21(25)18-9-6-12-28-18/h3-13,20,26H,1-2H3. The van der Waals surface area contributed by atoms with Crippen LogP contribution in [0, 0.1) is 13.8 Å². The Bertz CT molecular complexity index is 1080. The van der Waals surface area contributed by atoms with Gasteiger partial charge in [0.2, 0.25) is 5.78 Å². The first kappa shape index (κ1) is 17.8. The van der Waals surface area contributed by atoms with Crippen LogP contribution >= 0.6 is 0 Å². The third kappa shape index (κ3) is 2.81. The molecule has 3 aromatic rings. The van der Waals surface area contributed by atoms with Crippen LogP contribution in [0.5, 0.6) is 0 Å². The van der Waals surface area contributed by atoms with Crippen LogP contribution in [0.1, 0.15) is 33.3 Å². The number of nitrogens with zero attached hydrogens (tertiary/aromatic N) is 1. The van der Waals surface area contributed by atoms with Crippen molar-refractivity contribution in [2.24, 2.45) is 0 Å². The molecule has 4 rings (SSSR count). The normalized spacial score (nSPS) is 16.7. The number of aliphatic hydroxyl groups excluding tert-OH is 1. The lowest BCUT2D eigenvalue weighted by molar-refractivity contribution is -0.117. The Morgan fingerprint density at radius 2 is 1.75 bits per heavy atom. The summed E-state index contributed by atoms with van der Waals surface area (Å²) >= 11 is 0. The molecule has 1 atom stereocenters. The van der Waals surface area contributed by atoms with Gasteiger partial charge in [0.15, 0.2) is 11.5 Å². The van der Waals surface area contributed by atoms with Crippen LogP contribution < -0.4 is 4.90 Å². The van der Waals surface area contributed by atoms with Crippen molar-refractivity contribution < 1.29 is 19.1 Å². The molecule has 1 amide bonds. The molecule has 0 spiro atoms. The Labute approximate surface area is 162 Å². The fourth-order valence-electron chi connectivity index (χ4n) is 3.47. The van der Waals surface area contributed by atoms with Crippen molar-refractivity contribution in [3.8, 4) is 0 Å². The van der Waals surface area contributed by atoms with Gasteiger partial charge in [0.25, 0.3) is 5.91 Å². The van der Waals surface area contributed by atoms with E-state index in [-0.39, 0.29) is 11.3 Å². The maximum atomic E-state index is 13.1. The number of ketones is 1. The van der Waals surface area contributed by atoms with Gasteiger partial charge in [-0.05, 0) is 54.8 Å². The lowest BCUT2D eigenvalue weighted by Crippen LogP contribution is -2.31. The van der Waals surface area contributed by atoms with Gasteiger partial charge >= 0.3 is 0 Å². The molecule has 5 nitrogen and oxygen atoms in total. The van der Waals surface area contributed by atoms with E-state index in [9.17, 15) is 14.7 Å². The minimum absolute atomic E-state index is 0.0179. The van der Waals surface area contributed by atoms with Gasteiger partial charge in [0, 0.05) is 5.69 Å². The molecule has 0 saturated carbocycles. The summed E-state index contributed by atoms with van der Waals surface area (Å²) < 4.78 is 5.23. The number of benzene rings is 2. The van der Waals surface area contributed by atoms with E-state index in [1.165, 1.54) is 17.2 Å². The van der Waals surface area contributed by atoms with Crippen molar-refractivity contribution in [3.05, 3.63) is 101 Å². The molecule has 1 aliphatic heterocycles. The van der Waals surface area contributed by atoms with Gasteiger partial charge in [0.1, 0.15) is 0 Å². The Hall–Kier alpha value is -3.60. The summed E-state index contributed by atoms with van der Waals surface area (Å²) in [6, 6.07) is 17.2. The molecule has 1 aromatic heterocycles. The molecule has 1 unspecified atom stereocenters. The molecule has 28 heavy (non-hydrogen) atoms. The number of aliphatic hydroxyl groups is 1. The maximum Gasteiger partial charge on any atom is 0.294 e. The molecule has 2 aromatic carbocycles. The molecule has 140 valence electrons. The van der Waals surface area contributed by atoms with Crippen LogP contribution in [0.3, 0.4) is 0 Å². The summed E-state index contributed by atoms with van der Waals surface area (Å²) in [5.74, 6) is -1.58. The lowest BCUT2D eigenvalue weighted by Gasteiger charge is -2.27. The van der Waals surface area contributed by atoms with Gasteiger partial charge in [-0.2, -0.15) is 0 Å². The van der Waals surface area contributed by atoms with Crippen molar-refractivity contribution in [1.29, 1.82) is 0 Å². The summed E-state index contributed by atoms with van der Waals surface area (Å²) in [5, 5.41) is 10.6. The Morgan fingerprint density at radius 1 is 1.00 bits per heavy atom. The summed E-state index contributed by atoms with van der Waals surface area (Å²) in [5.41, 5.74) is 3.48. The van der Waals surface area contributed by atoms with E-state index >= 15 is 0 Å². The van der Waals surface area contributed by atoms with Crippen LogP contribution in [-0.2, 0) is 4.79 Å². The fourth-order valence-corrected chi connectivity index (χ4v) is 3.47. The molecule has 0 aliphatic carbocycles. The minimum Gasteiger partial charge on any atom is -0.503 e. The van der Waals surface area contributed by atoms with Gasteiger partial charge in [0.05, 0.1) is 17.9 Å². The first-order valence-electron chi connectivity index (χ1n) is 8.96. The number of hydrogen-bond acceptors (Lipinski definition) is 4. The summed E-state index contributed by atoms with van der Waals surface area (Å²) in [6.07, 6.45) is 1.39. The van der Waals surface area contributed by atoms with Crippen molar-refractivity contribution in [2.45, 2.75) is 19.9 Å². The van der Waals surface area contributed by atoms with E-state index in [1.54, 1.807) is 6.07 Å². The number of amides is 1. The SMILES string of the molecule is Cc1ccc(N2C(=O)C(O)=C(C(=O)c3ccco3)C2c2ccccc2)cc1C. The summed E-state index contributed by atoms with van der Waals surface area (Å²) in [4.78, 5) is 27.5. The number of anilines is 1. The molecule has 0 fully saturated rings. The van der Waals surface area contributed by atoms with Crippen LogP contribution in [0.4, 0.5) is 5.69 Å². The zero-order chi connectivity index (χ0) is 19.8. The zero-order valence-electron chi connectivity index (χ0n) is 15.5. The molecular formula is C23H19NO4. The van der Waals surface area contributed by atoms with E-state index in [0.717, 1.165) is 16.7 Å². The molecule has 0 radical (unpaired) electrons. The summed E-state index contributed by atoms with van der Waals surface area (Å²) in [6.45, 7) is 3.94. The average molecular weight is 373 g/mol. The lowest BCUT2D eigenvalue weighted by atomic mass is 9.94. The second-order valence-electron chi connectivity index (χ2n) is 6.83. The van der Waals surface area contributed by atoms with Crippen molar-refractivity contribution in [1.82, 2.24) is 0 Å². The van der Waals surface area contributed by atoms with Crippen molar-refractivity contribution in [3.63, 3.8) is 0 Å². The molecule has 1 aliphatic rings. The average Bonchev–Trinajstić information content (AvgIpc) is 3.32. The quantitative estimate of drug-likeness (QED) is 0.674. The van der Waals surface area contributed by atoms with Crippen LogP contribution in [-0.4, -0.2) is 16.8 Å². The second kappa shape index (κ2) is 6.85. The third-order valence-electron chi connectivity index (χ3n) is 5.08. The fraction of sp³-hybridized carbons (Fsp3) is 0.130. The predicted octanol–water partition coefficient (Wildman–Crippen LogP) is 4.68. The van der Waals surface area contributed by atoms with E-state index in [0.29, 0.717) is 5.69 Å². The monoisotopic (exact) mass is 373 g/mol. The first-order valence-corrected chi connectivity index (χ1v) is 8.96. The van der Waals surface area contributed by atoms with Crippen molar-refractivity contribution >= 4 is 17.4 Å². The first-order chi connectivity index (χ1) is 13.5. The second-order valence-corrected chi connectivity index (χ2v) is 6.83. The smallest absolute Gasteiger partial charge is 0.294 e.